The van der Waals surface area contributed by atoms with E-state index in [-0.39, 0.29) is 6.03 Å². The number of nitrogens with one attached hydrogen (secondary N) is 1. The average molecular weight is 328 g/mol. The van der Waals surface area contributed by atoms with Crippen LogP contribution < -0.4 is 10.2 Å². The first-order chi connectivity index (χ1) is 11.1. The van der Waals surface area contributed by atoms with Crippen LogP contribution in [-0.2, 0) is 0 Å². The molecule has 1 heterocycles. The summed E-state index contributed by atoms with van der Waals surface area (Å²) in [5.41, 5.74) is 2.68. The molecule has 0 radical (unpaired) electrons. The Morgan fingerprint density at radius 3 is 2.43 bits per heavy atom. The predicted molar refractivity (Wildman–Crippen MR) is 95.7 cm³/mol. The van der Waals surface area contributed by atoms with Gasteiger partial charge < -0.3 is 5.32 Å². The Bertz CT molecular complexity index is 723. The highest BCUT2D eigenvalue weighted by Crippen LogP contribution is 2.22. The predicted octanol–water partition coefficient (Wildman–Crippen LogP) is 4.88. The molecule has 0 aliphatic carbocycles. The van der Waals surface area contributed by atoms with Crippen molar-refractivity contribution >= 4 is 34.8 Å². The van der Waals surface area contributed by atoms with Crippen LogP contribution in [0.4, 0.5) is 16.2 Å². The number of carbonyl (C=O) groups is 1. The molecule has 0 aromatic heterocycles. The maximum atomic E-state index is 12.8. The lowest BCUT2D eigenvalue weighted by Gasteiger charge is -2.23. The van der Waals surface area contributed by atoms with E-state index in [2.05, 4.69) is 10.3 Å². The molecule has 2 aromatic rings. The van der Waals surface area contributed by atoms with Gasteiger partial charge in [-0.3, -0.25) is 9.89 Å². The maximum Gasteiger partial charge on any atom is 0.331 e. The van der Waals surface area contributed by atoms with Crippen LogP contribution in [-0.4, -0.2) is 18.4 Å². The van der Waals surface area contributed by atoms with Crippen molar-refractivity contribution < 1.29 is 4.79 Å². The summed E-state index contributed by atoms with van der Waals surface area (Å²) in [6.45, 7) is 2.79. The monoisotopic (exact) mass is 327 g/mol. The summed E-state index contributed by atoms with van der Waals surface area (Å²) < 4.78 is 0. The number of halogens is 1. The lowest BCUT2D eigenvalue weighted by Crippen LogP contribution is -2.39. The second kappa shape index (κ2) is 6.84. The molecule has 4 nitrogen and oxygen atoms in total. The Kier molecular flexibility index (Phi) is 4.63. The summed E-state index contributed by atoms with van der Waals surface area (Å²) in [5.74, 6) is 0.806. The van der Waals surface area contributed by atoms with Gasteiger partial charge in [0, 0.05) is 23.7 Å². The summed E-state index contributed by atoms with van der Waals surface area (Å²) >= 11 is 5.88. The zero-order chi connectivity index (χ0) is 16.2. The zero-order valence-electron chi connectivity index (χ0n) is 12.9. The molecule has 2 aromatic carbocycles. The van der Waals surface area contributed by atoms with Gasteiger partial charge in [-0.1, -0.05) is 29.3 Å². The Labute approximate surface area is 140 Å². The van der Waals surface area contributed by atoms with Gasteiger partial charge in [0.05, 0.1) is 5.69 Å². The van der Waals surface area contributed by atoms with Gasteiger partial charge in [-0.05, 0) is 49.7 Å². The first-order valence-electron chi connectivity index (χ1n) is 7.60. The maximum absolute atomic E-state index is 12.8. The second-order valence-corrected chi connectivity index (χ2v) is 5.95. The van der Waals surface area contributed by atoms with E-state index in [0.717, 1.165) is 36.5 Å². The van der Waals surface area contributed by atoms with Gasteiger partial charge in [-0.25, -0.2) is 4.79 Å². The minimum atomic E-state index is -0.211. The van der Waals surface area contributed by atoms with Gasteiger partial charge in [-0.15, -0.1) is 0 Å². The van der Waals surface area contributed by atoms with Gasteiger partial charge in [0.1, 0.15) is 5.84 Å². The number of anilines is 2. The van der Waals surface area contributed by atoms with Crippen molar-refractivity contribution in [2.75, 3.05) is 16.8 Å². The third-order valence-electron chi connectivity index (χ3n) is 3.70. The number of rotatable bonds is 2. The number of aryl methyl sites for hydroxylation is 1. The molecule has 0 atom stereocenters. The molecular formula is C18H18ClN3O. The Morgan fingerprint density at radius 2 is 1.83 bits per heavy atom. The number of urea groups is 1. The molecular weight excluding hydrogens is 310 g/mol. The summed E-state index contributed by atoms with van der Waals surface area (Å²) in [4.78, 5) is 18.9. The number of aliphatic imine (C=N–C) groups is 1. The first kappa shape index (κ1) is 15.6. The molecule has 118 valence electrons. The van der Waals surface area contributed by atoms with Gasteiger partial charge in [0.25, 0.3) is 0 Å². The largest absolute Gasteiger partial charge is 0.331 e. The molecule has 1 aliphatic heterocycles. The minimum absolute atomic E-state index is 0.211. The molecule has 0 bridgehead atoms. The molecule has 5 heteroatoms. The molecule has 0 saturated carbocycles. The molecule has 2 amide bonds. The van der Waals surface area contributed by atoms with Crippen LogP contribution in [0.5, 0.6) is 0 Å². The average Bonchev–Trinajstić information content (AvgIpc) is 3.06. The van der Waals surface area contributed by atoms with E-state index < -0.39 is 0 Å². The summed E-state index contributed by atoms with van der Waals surface area (Å²) in [5, 5.41) is 3.54. The van der Waals surface area contributed by atoms with Gasteiger partial charge in [-0.2, -0.15) is 0 Å². The number of benzene rings is 2. The third-order valence-corrected chi connectivity index (χ3v) is 3.95. The van der Waals surface area contributed by atoms with Crippen molar-refractivity contribution in [2.24, 2.45) is 4.99 Å². The van der Waals surface area contributed by atoms with Crippen LogP contribution in [0.1, 0.15) is 18.4 Å². The van der Waals surface area contributed by atoms with Crippen molar-refractivity contribution in [3.05, 3.63) is 59.1 Å². The van der Waals surface area contributed by atoms with Crippen LogP contribution in [0.3, 0.4) is 0 Å². The van der Waals surface area contributed by atoms with E-state index in [0.29, 0.717) is 10.7 Å². The molecule has 0 spiro atoms. The lowest BCUT2D eigenvalue weighted by atomic mass is 10.2. The van der Waals surface area contributed by atoms with Crippen molar-refractivity contribution in [1.29, 1.82) is 0 Å². The topological polar surface area (TPSA) is 44.7 Å². The minimum Gasteiger partial charge on any atom is -0.307 e. The van der Waals surface area contributed by atoms with Crippen LogP contribution in [0, 0.1) is 6.92 Å². The fourth-order valence-corrected chi connectivity index (χ4v) is 2.62. The van der Waals surface area contributed by atoms with E-state index >= 15 is 0 Å². The number of hydrogen-bond donors (Lipinski definition) is 1. The molecule has 3 rings (SSSR count). The van der Waals surface area contributed by atoms with Crippen molar-refractivity contribution in [3.8, 4) is 0 Å². The number of amides is 2. The lowest BCUT2D eigenvalue weighted by molar-refractivity contribution is 0.259. The summed E-state index contributed by atoms with van der Waals surface area (Å²) in [6, 6.07) is 14.7. The fourth-order valence-electron chi connectivity index (χ4n) is 2.50. The number of hydrogen-bond acceptors (Lipinski definition) is 2. The van der Waals surface area contributed by atoms with E-state index in [4.69, 9.17) is 11.6 Å². The molecule has 1 aliphatic rings. The Morgan fingerprint density at radius 1 is 1.13 bits per heavy atom. The standard InChI is InChI=1S/C18H18ClN3O/c1-13-4-10-16(11-5-13)22(17-3-2-12-20-17)18(23)21-15-8-6-14(19)7-9-15/h4-11H,2-3,12H2,1H3,(H,21,23). The first-order valence-corrected chi connectivity index (χ1v) is 7.98. The van der Waals surface area contributed by atoms with E-state index in [1.807, 2.05) is 31.2 Å². The second-order valence-electron chi connectivity index (χ2n) is 5.51. The highest BCUT2D eigenvalue weighted by molar-refractivity contribution is 6.30. The zero-order valence-corrected chi connectivity index (χ0v) is 13.7. The smallest absolute Gasteiger partial charge is 0.307 e. The summed E-state index contributed by atoms with van der Waals surface area (Å²) in [7, 11) is 0. The van der Waals surface area contributed by atoms with E-state index in [1.165, 1.54) is 0 Å². The van der Waals surface area contributed by atoms with Crippen molar-refractivity contribution in [1.82, 2.24) is 0 Å². The third kappa shape index (κ3) is 3.71. The molecule has 23 heavy (non-hydrogen) atoms. The van der Waals surface area contributed by atoms with Crippen molar-refractivity contribution in [3.63, 3.8) is 0 Å². The summed E-state index contributed by atoms with van der Waals surface area (Å²) in [6.07, 6.45) is 1.79. The van der Waals surface area contributed by atoms with E-state index in [1.54, 1.807) is 29.2 Å². The number of amidine groups is 1. The van der Waals surface area contributed by atoms with Gasteiger partial charge >= 0.3 is 6.03 Å². The van der Waals surface area contributed by atoms with Crippen LogP contribution in [0.25, 0.3) is 0 Å². The van der Waals surface area contributed by atoms with Crippen LogP contribution >= 0.6 is 11.6 Å². The van der Waals surface area contributed by atoms with E-state index in [9.17, 15) is 4.79 Å². The molecule has 0 fully saturated rings. The molecule has 1 N–H and O–H groups in total. The molecule has 0 saturated heterocycles. The van der Waals surface area contributed by atoms with Gasteiger partial charge in [0.2, 0.25) is 0 Å². The molecule has 0 unspecified atom stereocenters. The number of nitrogens with zero attached hydrogens (tertiary/aromatic N) is 2. The fraction of sp³-hybridized carbons (Fsp3) is 0.222. The van der Waals surface area contributed by atoms with Crippen LogP contribution in [0.2, 0.25) is 5.02 Å². The number of carbonyl (C=O) groups excluding carboxylic acids is 1. The Balaban J connectivity index is 1.86. The quantitative estimate of drug-likeness (QED) is 0.839. The highest BCUT2D eigenvalue weighted by atomic mass is 35.5. The Hall–Kier alpha value is -2.33. The van der Waals surface area contributed by atoms with Gasteiger partial charge in [0.15, 0.2) is 0 Å². The van der Waals surface area contributed by atoms with Crippen molar-refractivity contribution in [2.45, 2.75) is 19.8 Å². The normalized spacial score (nSPS) is 13.6. The SMILES string of the molecule is Cc1ccc(N(C(=O)Nc2ccc(Cl)cc2)C2=NCCC2)cc1. The highest BCUT2D eigenvalue weighted by Gasteiger charge is 2.23. The van der Waals surface area contributed by atoms with Crippen LogP contribution in [0.15, 0.2) is 53.5 Å².